The number of ketones is 1. The van der Waals surface area contributed by atoms with Crippen molar-refractivity contribution in [2.75, 3.05) is 6.61 Å². The predicted octanol–water partition coefficient (Wildman–Crippen LogP) is 3.88. The van der Waals surface area contributed by atoms with Gasteiger partial charge in [0.2, 0.25) is 0 Å². The van der Waals surface area contributed by atoms with Gasteiger partial charge in [0.15, 0.2) is 5.78 Å². The van der Waals surface area contributed by atoms with Crippen LogP contribution in [0.5, 0.6) is 0 Å². The fourth-order valence-corrected chi connectivity index (χ4v) is 4.01. The lowest BCUT2D eigenvalue weighted by Gasteiger charge is -2.35. The lowest BCUT2D eigenvalue weighted by atomic mass is 9.69. The molecule has 1 fully saturated rings. The largest absolute Gasteiger partial charge is 0.297 e. The van der Waals surface area contributed by atoms with Crippen molar-refractivity contribution >= 4 is 15.9 Å². The molecule has 1 aliphatic rings. The van der Waals surface area contributed by atoms with Gasteiger partial charge in [0.05, 0.1) is 4.90 Å². The van der Waals surface area contributed by atoms with E-state index in [0.717, 1.165) is 31.2 Å². The van der Waals surface area contributed by atoms with Crippen molar-refractivity contribution in [2.24, 2.45) is 11.3 Å². The first-order valence-electron chi connectivity index (χ1n) is 8.23. The molecule has 0 atom stereocenters. The summed E-state index contributed by atoms with van der Waals surface area (Å²) in [7, 11) is -3.88. The lowest BCUT2D eigenvalue weighted by Crippen LogP contribution is -2.37. The van der Waals surface area contributed by atoms with Gasteiger partial charge in [0.1, 0.15) is 6.61 Å². The molecule has 0 radical (unpaired) electrons. The molecule has 0 saturated heterocycles. The zero-order valence-electron chi connectivity index (χ0n) is 14.2. The van der Waals surface area contributed by atoms with Gasteiger partial charge in [0.25, 0.3) is 10.1 Å². The molecular weight excluding hydrogens is 312 g/mol. The fourth-order valence-electron chi connectivity index (χ4n) is 3.14. The molecular formula is C18H26O4S. The molecule has 0 spiro atoms. The number of hydrogen-bond acceptors (Lipinski definition) is 4. The molecule has 1 aromatic rings. The molecule has 4 nitrogen and oxygen atoms in total. The molecule has 0 bridgehead atoms. The minimum absolute atomic E-state index is 0.0892. The summed E-state index contributed by atoms with van der Waals surface area (Å²) in [6, 6.07) is 6.43. The Hall–Kier alpha value is -1.20. The van der Waals surface area contributed by atoms with E-state index in [4.69, 9.17) is 4.18 Å². The van der Waals surface area contributed by atoms with Gasteiger partial charge in [-0.05, 0) is 37.8 Å². The van der Waals surface area contributed by atoms with Crippen LogP contribution in [0.4, 0.5) is 0 Å². The van der Waals surface area contributed by atoms with Gasteiger partial charge >= 0.3 is 0 Å². The molecule has 128 valence electrons. The Morgan fingerprint density at radius 2 is 1.70 bits per heavy atom. The Morgan fingerprint density at radius 3 is 2.26 bits per heavy atom. The summed E-state index contributed by atoms with van der Waals surface area (Å²) >= 11 is 0. The quantitative estimate of drug-likeness (QED) is 0.739. The first kappa shape index (κ1) is 18.1. The molecule has 0 unspecified atom stereocenters. The van der Waals surface area contributed by atoms with Gasteiger partial charge in [-0.2, -0.15) is 8.42 Å². The third kappa shape index (κ3) is 4.42. The highest BCUT2D eigenvalue weighted by Crippen LogP contribution is 2.39. The van der Waals surface area contributed by atoms with Crippen LogP contribution in [-0.2, 0) is 19.1 Å². The summed E-state index contributed by atoms with van der Waals surface area (Å²) in [5.41, 5.74) is 0.432. The van der Waals surface area contributed by atoms with Crippen LogP contribution in [0.25, 0.3) is 0 Å². The van der Waals surface area contributed by atoms with E-state index in [2.05, 4.69) is 0 Å². The summed E-state index contributed by atoms with van der Waals surface area (Å²) in [4.78, 5) is 12.6. The number of aryl methyl sites for hydroxylation is 1. The summed E-state index contributed by atoms with van der Waals surface area (Å²) in [5, 5.41) is 0. The maximum Gasteiger partial charge on any atom is 0.297 e. The molecule has 5 heteroatoms. The van der Waals surface area contributed by atoms with E-state index in [1.165, 1.54) is 18.6 Å². The average Bonchev–Trinajstić information content (AvgIpc) is 2.54. The Balaban J connectivity index is 2.01. The van der Waals surface area contributed by atoms with Gasteiger partial charge in [0, 0.05) is 5.41 Å². The van der Waals surface area contributed by atoms with E-state index in [1.54, 1.807) is 12.1 Å². The van der Waals surface area contributed by atoms with Crippen LogP contribution >= 0.6 is 0 Å². The second-order valence-corrected chi connectivity index (χ2v) is 8.62. The van der Waals surface area contributed by atoms with E-state index in [-0.39, 0.29) is 17.3 Å². The van der Waals surface area contributed by atoms with Crippen molar-refractivity contribution in [3.8, 4) is 0 Å². The Kier molecular flexibility index (Phi) is 5.63. The second kappa shape index (κ2) is 7.14. The number of hydrogen-bond donors (Lipinski definition) is 0. The van der Waals surface area contributed by atoms with E-state index >= 15 is 0 Å². The van der Waals surface area contributed by atoms with E-state index < -0.39 is 15.5 Å². The smallest absolute Gasteiger partial charge is 0.296 e. The van der Waals surface area contributed by atoms with Gasteiger partial charge in [-0.3, -0.25) is 8.98 Å². The van der Waals surface area contributed by atoms with Crippen molar-refractivity contribution in [1.82, 2.24) is 0 Å². The molecule has 0 heterocycles. The molecule has 0 amide bonds. The van der Waals surface area contributed by atoms with Crippen LogP contribution in [0.1, 0.15) is 51.5 Å². The molecule has 1 aliphatic carbocycles. The highest BCUT2D eigenvalue weighted by Gasteiger charge is 2.37. The average molecular weight is 338 g/mol. The van der Waals surface area contributed by atoms with Gasteiger partial charge in [-0.1, -0.05) is 50.8 Å². The highest BCUT2D eigenvalue weighted by atomic mass is 32.2. The van der Waals surface area contributed by atoms with E-state index in [1.807, 2.05) is 20.8 Å². The number of rotatable bonds is 6. The highest BCUT2D eigenvalue weighted by molar-refractivity contribution is 7.86. The van der Waals surface area contributed by atoms with Crippen molar-refractivity contribution in [3.63, 3.8) is 0 Å². The first-order chi connectivity index (χ1) is 10.7. The minimum Gasteiger partial charge on any atom is -0.296 e. The molecule has 1 saturated carbocycles. The van der Waals surface area contributed by atoms with E-state index in [0.29, 0.717) is 5.92 Å². The summed E-state index contributed by atoms with van der Waals surface area (Å²) in [6.45, 7) is 5.31. The van der Waals surface area contributed by atoms with Crippen molar-refractivity contribution in [2.45, 2.75) is 57.8 Å². The van der Waals surface area contributed by atoms with Gasteiger partial charge < -0.3 is 0 Å². The lowest BCUT2D eigenvalue weighted by molar-refractivity contribution is -0.132. The monoisotopic (exact) mass is 338 g/mol. The maximum atomic E-state index is 12.5. The molecule has 2 rings (SSSR count). The van der Waals surface area contributed by atoms with Crippen molar-refractivity contribution in [1.29, 1.82) is 0 Å². The van der Waals surface area contributed by atoms with Crippen LogP contribution in [0.15, 0.2) is 29.2 Å². The second-order valence-electron chi connectivity index (χ2n) is 7.01. The summed E-state index contributed by atoms with van der Waals surface area (Å²) in [5.74, 6) is 0.175. The topological polar surface area (TPSA) is 60.4 Å². The minimum atomic E-state index is -3.88. The van der Waals surface area contributed by atoms with Gasteiger partial charge in [-0.25, -0.2) is 0 Å². The first-order valence-corrected chi connectivity index (χ1v) is 9.64. The molecule has 0 aromatic heterocycles. The molecule has 0 aliphatic heterocycles. The predicted molar refractivity (Wildman–Crippen MR) is 89.7 cm³/mol. The van der Waals surface area contributed by atoms with Crippen LogP contribution in [0, 0.1) is 18.3 Å². The normalized spacial score (nSPS) is 17.2. The summed E-state index contributed by atoms with van der Waals surface area (Å²) < 4.78 is 29.4. The number of Topliss-reactive ketones (excluding diaryl/α,β-unsaturated/α-hetero) is 1. The van der Waals surface area contributed by atoms with Crippen LogP contribution in [-0.4, -0.2) is 20.8 Å². The van der Waals surface area contributed by atoms with Crippen LogP contribution in [0.2, 0.25) is 0 Å². The molecule has 23 heavy (non-hydrogen) atoms. The zero-order valence-corrected chi connectivity index (χ0v) is 15.0. The molecule has 0 N–H and O–H groups in total. The number of carbonyl (C=O) groups is 1. The van der Waals surface area contributed by atoms with E-state index in [9.17, 15) is 13.2 Å². The fraction of sp³-hybridized carbons (Fsp3) is 0.611. The third-order valence-corrected chi connectivity index (χ3v) is 6.28. The Bertz CT molecular complexity index is 638. The standard InChI is InChI=1S/C18H26O4S/c1-14-9-11-16(12-10-14)23(20,21)22-13-17(19)18(2,3)15-7-5-4-6-8-15/h9-12,15H,4-8,13H2,1-3H3. The number of benzene rings is 1. The van der Waals surface area contributed by atoms with Crippen molar-refractivity contribution in [3.05, 3.63) is 29.8 Å². The SMILES string of the molecule is Cc1ccc(S(=O)(=O)OCC(=O)C(C)(C)C2CCCCC2)cc1. The third-order valence-electron chi connectivity index (χ3n) is 5.00. The van der Waals surface area contributed by atoms with Crippen molar-refractivity contribution < 1.29 is 17.4 Å². The Labute approximate surface area is 139 Å². The zero-order chi connectivity index (χ0) is 17.1. The Morgan fingerprint density at radius 1 is 1.13 bits per heavy atom. The van der Waals surface area contributed by atoms with Crippen LogP contribution < -0.4 is 0 Å². The van der Waals surface area contributed by atoms with Gasteiger partial charge in [-0.15, -0.1) is 0 Å². The molecule has 1 aromatic carbocycles. The van der Waals surface area contributed by atoms with Crippen LogP contribution in [0.3, 0.4) is 0 Å². The summed E-state index contributed by atoms with van der Waals surface area (Å²) in [6.07, 6.45) is 5.57. The maximum absolute atomic E-state index is 12.5. The number of carbonyl (C=O) groups excluding carboxylic acids is 1.